The second kappa shape index (κ2) is 7.61. The largest absolute Gasteiger partial charge is 0.455 e. The van der Waals surface area contributed by atoms with Crippen LogP contribution in [0.15, 0.2) is 42.5 Å². The van der Waals surface area contributed by atoms with Gasteiger partial charge in [0.05, 0.1) is 5.92 Å². The normalized spacial score (nSPS) is 24.5. The highest BCUT2D eigenvalue weighted by Gasteiger charge is 2.50. The molecule has 0 spiro atoms. The van der Waals surface area contributed by atoms with Crippen LogP contribution in [-0.2, 0) is 24.7 Å². The number of carbonyl (C=O) groups is 4. The number of urea groups is 1. The van der Waals surface area contributed by atoms with E-state index in [1.54, 1.807) is 37.3 Å². The molecule has 1 aromatic rings. The van der Waals surface area contributed by atoms with Crippen LogP contribution in [0.5, 0.6) is 0 Å². The van der Waals surface area contributed by atoms with Gasteiger partial charge >= 0.3 is 12.0 Å². The average molecular weight is 371 g/mol. The van der Waals surface area contributed by atoms with E-state index in [2.05, 4.69) is 10.7 Å². The van der Waals surface area contributed by atoms with E-state index in [9.17, 15) is 19.2 Å². The minimum absolute atomic E-state index is 0.263. The molecule has 0 unspecified atom stereocenters. The van der Waals surface area contributed by atoms with Crippen molar-refractivity contribution in [1.29, 1.82) is 0 Å². The lowest BCUT2D eigenvalue weighted by molar-refractivity contribution is -0.154. The molecule has 0 aromatic heterocycles. The van der Waals surface area contributed by atoms with Crippen molar-refractivity contribution in [3.63, 3.8) is 0 Å². The highest BCUT2D eigenvalue weighted by molar-refractivity contribution is 6.08. The van der Waals surface area contributed by atoms with Gasteiger partial charge in [-0.3, -0.25) is 19.8 Å². The summed E-state index contributed by atoms with van der Waals surface area (Å²) in [4.78, 5) is 48.8. The molecule has 8 nitrogen and oxygen atoms in total. The summed E-state index contributed by atoms with van der Waals surface area (Å²) in [6.45, 7) is 1.00. The summed E-state index contributed by atoms with van der Waals surface area (Å²) in [5.74, 6) is -2.09. The van der Waals surface area contributed by atoms with E-state index in [0.29, 0.717) is 23.4 Å². The maximum Gasteiger partial charge on any atom is 0.344 e. The number of hydrazine groups is 1. The Morgan fingerprint density at radius 2 is 2.00 bits per heavy atom. The molecule has 2 aliphatic rings. The number of rotatable bonds is 5. The van der Waals surface area contributed by atoms with Gasteiger partial charge < -0.3 is 10.1 Å². The molecule has 0 radical (unpaired) electrons. The predicted octanol–water partition coefficient (Wildman–Crippen LogP) is 1.38. The smallest absolute Gasteiger partial charge is 0.344 e. The van der Waals surface area contributed by atoms with E-state index >= 15 is 0 Å². The van der Waals surface area contributed by atoms with Gasteiger partial charge in [-0.05, 0) is 31.7 Å². The van der Waals surface area contributed by atoms with Crippen LogP contribution in [-0.4, -0.2) is 35.4 Å². The summed E-state index contributed by atoms with van der Waals surface area (Å²) in [6.07, 6.45) is 5.97. The van der Waals surface area contributed by atoms with Crippen molar-refractivity contribution in [3.8, 4) is 0 Å². The maximum absolute atomic E-state index is 12.7. The molecule has 1 aromatic carbocycles. The van der Waals surface area contributed by atoms with Crippen LogP contribution in [0.1, 0.15) is 31.7 Å². The van der Waals surface area contributed by atoms with Gasteiger partial charge in [0.2, 0.25) is 0 Å². The van der Waals surface area contributed by atoms with Gasteiger partial charge in [0.15, 0.2) is 6.61 Å². The van der Waals surface area contributed by atoms with E-state index < -0.39 is 36.0 Å². The molecule has 0 saturated carbocycles. The molecular weight excluding hydrogens is 350 g/mol. The molecule has 1 saturated heterocycles. The summed E-state index contributed by atoms with van der Waals surface area (Å²) in [6, 6.07) is 7.98. The molecule has 1 aliphatic heterocycles. The van der Waals surface area contributed by atoms with Crippen molar-refractivity contribution in [2.24, 2.45) is 5.92 Å². The summed E-state index contributed by atoms with van der Waals surface area (Å²) in [7, 11) is 0. The lowest BCUT2D eigenvalue weighted by Gasteiger charge is -2.22. The maximum atomic E-state index is 12.7. The number of ether oxygens (including phenoxy) is 1. The second-order valence-corrected chi connectivity index (χ2v) is 6.69. The van der Waals surface area contributed by atoms with Crippen molar-refractivity contribution >= 4 is 23.8 Å². The van der Waals surface area contributed by atoms with Gasteiger partial charge in [-0.15, -0.1) is 0 Å². The first kappa shape index (κ1) is 18.6. The first-order valence-corrected chi connectivity index (χ1v) is 8.75. The van der Waals surface area contributed by atoms with Crippen LogP contribution >= 0.6 is 0 Å². The number of nitrogens with one attached hydrogen (secondary N) is 2. The van der Waals surface area contributed by atoms with Crippen molar-refractivity contribution in [2.45, 2.75) is 31.7 Å². The third-order valence-electron chi connectivity index (χ3n) is 4.73. The fourth-order valence-corrected chi connectivity index (χ4v) is 3.13. The molecule has 3 rings (SSSR count). The van der Waals surface area contributed by atoms with E-state index in [-0.39, 0.29) is 5.92 Å². The van der Waals surface area contributed by atoms with E-state index in [0.717, 1.165) is 6.42 Å². The Morgan fingerprint density at radius 1 is 1.26 bits per heavy atom. The number of carbonyl (C=O) groups excluding carboxylic acids is 4. The highest BCUT2D eigenvalue weighted by Crippen LogP contribution is 2.27. The zero-order valence-corrected chi connectivity index (χ0v) is 14.9. The number of imide groups is 1. The third kappa shape index (κ3) is 3.84. The average Bonchev–Trinajstić information content (AvgIpc) is 2.91. The monoisotopic (exact) mass is 371 g/mol. The number of hydrogen-bond donors (Lipinski definition) is 2. The van der Waals surface area contributed by atoms with Crippen LogP contribution < -0.4 is 10.7 Å². The number of nitrogens with zero attached hydrogens (tertiary/aromatic N) is 1. The summed E-state index contributed by atoms with van der Waals surface area (Å²) in [5.41, 5.74) is 1.52. The van der Waals surface area contributed by atoms with Gasteiger partial charge in [-0.25, -0.2) is 4.79 Å². The zero-order chi connectivity index (χ0) is 19.4. The van der Waals surface area contributed by atoms with E-state index in [1.807, 2.05) is 12.2 Å². The fraction of sp³-hybridized carbons (Fsp3) is 0.368. The molecule has 2 atom stereocenters. The summed E-state index contributed by atoms with van der Waals surface area (Å²) in [5, 5.41) is 3.19. The lowest BCUT2D eigenvalue weighted by Crippen LogP contribution is -2.49. The number of hydrogen-bond acceptors (Lipinski definition) is 5. The van der Waals surface area contributed by atoms with Gasteiger partial charge in [-0.2, -0.15) is 5.01 Å². The fourth-order valence-electron chi connectivity index (χ4n) is 3.13. The van der Waals surface area contributed by atoms with Crippen molar-refractivity contribution in [2.75, 3.05) is 6.61 Å². The number of esters is 1. The standard InChI is InChI=1S/C19H21N3O5/c1-19(14-10-6-3-7-11-14)17(25)22(18(26)20-19)21-15(23)12-27-16(24)13-8-4-2-5-9-13/h2-4,6-7,10-11,13H,5,8-9,12H2,1H3,(H,20,26)(H,21,23)/t13-,19-/m1/s1. The van der Waals surface area contributed by atoms with Gasteiger partial charge in [0.1, 0.15) is 5.54 Å². The Kier molecular flexibility index (Phi) is 5.25. The van der Waals surface area contributed by atoms with E-state index in [4.69, 9.17) is 4.74 Å². The Balaban J connectivity index is 1.58. The van der Waals surface area contributed by atoms with Crippen LogP contribution in [0.2, 0.25) is 0 Å². The van der Waals surface area contributed by atoms with Crippen molar-refractivity contribution < 1.29 is 23.9 Å². The first-order chi connectivity index (χ1) is 12.9. The van der Waals surface area contributed by atoms with Crippen molar-refractivity contribution in [1.82, 2.24) is 15.8 Å². The molecular formula is C19H21N3O5. The molecule has 0 bridgehead atoms. The molecule has 8 heteroatoms. The number of amides is 4. The number of allylic oxidation sites excluding steroid dienone is 2. The SMILES string of the molecule is C[C@]1(c2ccccc2)NC(=O)N(NC(=O)COC(=O)[C@@H]2CC=CCC2)C1=O. The summed E-state index contributed by atoms with van der Waals surface area (Å²) >= 11 is 0. The molecule has 4 amide bonds. The van der Waals surface area contributed by atoms with Gasteiger partial charge in [-0.1, -0.05) is 42.5 Å². The van der Waals surface area contributed by atoms with Crippen LogP contribution in [0.3, 0.4) is 0 Å². The molecule has 2 N–H and O–H groups in total. The van der Waals surface area contributed by atoms with Crippen molar-refractivity contribution in [3.05, 3.63) is 48.0 Å². The minimum atomic E-state index is -1.28. The summed E-state index contributed by atoms with van der Waals surface area (Å²) < 4.78 is 5.01. The minimum Gasteiger partial charge on any atom is -0.455 e. The lowest BCUT2D eigenvalue weighted by atomic mass is 9.92. The third-order valence-corrected chi connectivity index (χ3v) is 4.73. The molecule has 27 heavy (non-hydrogen) atoms. The Labute approximate surface area is 156 Å². The second-order valence-electron chi connectivity index (χ2n) is 6.69. The van der Waals surface area contributed by atoms with Gasteiger partial charge in [0.25, 0.3) is 11.8 Å². The molecule has 1 aliphatic carbocycles. The Bertz CT molecular complexity index is 792. The molecule has 1 heterocycles. The highest BCUT2D eigenvalue weighted by atomic mass is 16.5. The zero-order valence-electron chi connectivity index (χ0n) is 14.9. The van der Waals surface area contributed by atoms with E-state index in [1.165, 1.54) is 0 Å². The Hall–Kier alpha value is -3.16. The first-order valence-electron chi connectivity index (χ1n) is 8.75. The number of benzene rings is 1. The van der Waals surface area contributed by atoms with Crippen LogP contribution in [0, 0.1) is 5.92 Å². The van der Waals surface area contributed by atoms with Crippen LogP contribution in [0.4, 0.5) is 4.79 Å². The van der Waals surface area contributed by atoms with Gasteiger partial charge in [0, 0.05) is 0 Å². The quantitative estimate of drug-likeness (QED) is 0.462. The predicted molar refractivity (Wildman–Crippen MR) is 94.8 cm³/mol. The topological polar surface area (TPSA) is 105 Å². The molecule has 142 valence electrons. The molecule has 1 fully saturated rings. The Morgan fingerprint density at radius 3 is 2.67 bits per heavy atom. The van der Waals surface area contributed by atoms with Crippen LogP contribution in [0.25, 0.3) is 0 Å².